The first-order valence-corrected chi connectivity index (χ1v) is 12.4. The molecule has 0 unspecified atom stereocenters. The van der Waals surface area contributed by atoms with Gasteiger partial charge in [0.1, 0.15) is 4.21 Å². The topological polar surface area (TPSA) is 60.9 Å². The molecule has 1 N–H and O–H groups in total. The standard InChI is InChI=1S/C21H27F3N2O3S2/c1-15(2)13-18-14-25(31(28,29)19-5-4-12-30-19)10-11-26(18)17-8-6-16(7-9-17)20(3,27)21(22,23)24/h4-9,12,15,18,27H,10-11,13-14H2,1-3H3/t18-,20+/m1/s1. The Kier molecular flexibility index (Phi) is 6.76. The Morgan fingerprint density at radius 2 is 1.81 bits per heavy atom. The third kappa shape index (κ3) is 4.92. The normalized spacial score (nSPS) is 20.8. The van der Waals surface area contributed by atoms with E-state index in [1.54, 1.807) is 29.6 Å². The van der Waals surface area contributed by atoms with Gasteiger partial charge in [-0.2, -0.15) is 17.5 Å². The third-order valence-corrected chi connectivity index (χ3v) is 8.83. The number of nitrogens with zero attached hydrogens (tertiary/aromatic N) is 2. The van der Waals surface area contributed by atoms with Crippen molar-refractivity contribution in [3.8, 4) is 0 Å². The second-order valence-electron chi connectivity index (χ2n) is 8.39. The molecule has 5 nitrogen and oxygen atoms in total. The van der Waals surface area contributed by atoms with Crippen molar-refractivity contribution < 1.29 is 26.7 Å². The lowest BCUT2D eigenvalue weighted by Gasteiger charge is -2.43. The highest BCUT2D eigenvalue weighted by Gasteiger charge is 2.51. The summed E-state index contributed by atoms with van der Waals surface area (Å²) in [5, 5.41) is 11.6. The van der Waals surface area contributed by atoms with Gasteiger partial charge in [-0.15, -0.1) is 11.3 Å². The van der Waals surface area contributed by atoms with Crippen molar-refractivity contribution in [3.63, 3.8) is 0 Å². The van der Waals surface area contributed by atoms with Crippen LogP contribution in [0.3, 0.4) is 0 Å². The fraction of sp³-hybridized carbons (Fsp3) is 0.524. The Hall–Kier alpha value is -1.62. The number of alkyl halides is 3. The van der Waals surface area contributed by atoms with E-state index in [-0.39, 0.29) is 18.2 Å². The van der Waals surface area contributed by atoms with Crippen LogP contribution in [0.5, 0.6) is 0 Å². The molecule has 10 heteroatoms. The maximum Gasteiger partial charge on any atom is 0.421 e. The molecule has 31 heavy (non-hydrogen) atoms. The predicted molar refractivity (Wildman–Crippen MR) is 116 cm³/mol. The number of thiophene rings is 1. The average Bonchev–Trinajstić information content (AvgIpc) is 3.22. The molecule has 1 aromatic carbocycles. The van der Waals surface area contributed by atoms with Gasteiger partial charge in [0.25, 0.3) is 10.0 Å². The number of rotatable bonds is 6. The van der Waals surface area contributed by atoms with Crippen LogP contribution in [0.15, 0.2) is 46.0 Å². The Morgan fingerprint density at radius 1 is 1.16 bits per heavy atom. The molecule has 3 rings (SSSR count). The molecule has 2 aromatic rings. The van der Waals surface area contributed by atoms with Crippen molar-refractivity contribution in [2.45, 2.75) is 49.2 Å². The molecule has 0 radical (unpaired) electrons. The van der Waals surface area contributed by atoms with Gasteiger partial charge in [-0.05, 0) is 48.4 Å². The van der Waals surface area contributed by atoms with Gasteiger partial charge in [0, 0.05) is 31.4 Å². The van der Waals surface area contributed by atoms with Gasteiger partial charge in [-0.25, -0.2) is 8.42 Å². The van der Waals surface area contributed by atoms with E-state index in [2.05, 4.69) is 13.8 Å². The minimum atomic E-state index is -4.78. The van der Waals surface area contributed by atoms with E-state index in [0.717, 1.165) is 13.3 Å². The van der Waals surface area contributed by atoms with Crippen molar-refractivity contribution in [2.24, 2.45) is 5.92 Å². The zero-order valence-corrected chi connectivity index (χ0v) is 19.3. The van der Waals surface area contributed by atoms with Crippen molar-refractivity contribution >= 4 is 27.0 Å². The van der Waals surface area contributed by atoms with Crippen LogP contribution in [-0.4, -0.2) is 49.7 Å². The lowest BCUT2D eigenvalue weighted by Crippen LogP contribution is -2.55. The van der Waals surface area contributed by atoms with E-state index < -0.39 is 21.8 Å². The Bertz CT molecular complexity index is 972. The van der Waals surface area contributed by atoms with Crippen LogP contribution in [0, 0.1) is 5.92 Å². The second kappa shape index (κ2) is 8.73. The molecule has 2 heterocycles. The highest BCUT2D eigenvalue weighted by atomic mass is 32.2. The van der Waals surface area contributed by atoms with Gasteiger partial charge in [0.15, 0.2) is 5.60 Å². The van der Waals surface area contributed by atoms with Gasteiger partial charge in [0.2, 0.25) is 0 Å². The Morgan fingerprint density at radius 3 is 2.32 bits per heavy atom. The summed E-state index contributed by atoms with van der Waals surface area (Å²) in [4.78, 5) is 2.05. The summed E-state index contributed by atoms with van der Waals surface area (Å²) >= 11 is 1.18. The first kappa shape index (κ1) is 24.0. The summed E-state index contributed by atoms with van der Waals surface area (Å²) in [7, 11) is -3.57. The van der Waals surface area contributed by atoms with E-state index in [4.69, 9.17) is 0 Å². The summed E-state index contributed by atoms with van der Waals surface area (Å²) in [6.45, 7) is 5.86. The molecule has 0 aliphatic carbocycles. The predicted octanol–water partition coefficient (Wildman–Crippen LogP) is 4.44. The number of anilines is 1. The first-order valence-electron chi connectivity index (χ1n) is 10.0. The van der Waals surface area contributed by atoms with Gasteiger partial charge < -0.3 is 10.0 Å². The molecule has 0 spiro atoms. The monoisotopic (exact) mass is 476 g/mol. The van der Waals surface area contributed by atoms with Crippen LogP contribution in [0.4, 0.5) is 18.9 Å². The minimum Gasteiger partial charge on any atom is -0.376 e. The van der Waals surface area contributed by atoms with Gasteiger partial charge in [-0.1, -0.05) is 32.0 Å². The van der Waals surface area contributed by atoms with E-state index in [9.17, 15) is 26.7 Å². The van der Waals surface area contributed by atoms with Crippen molar-refractivity contribution in [1.82, 2.24) is 4.31 Å². The van der Waals surface area contributed by atoms with Crippen LogP contribution in [0.2, 0.25) is 0 Å². The average molecular weight is 477 g/mol. The molecule has 0 amide bonds. The molecule has 1 saturated heterocycles. The molecular weight excluding hydrogens is 449 g/mol. The summed E-state index contributed by atoms with van der Waals surface area (Å²) in [6, 6.07) is 8.87. The van der Waals surface area contributed by atoms with Crippen LogP contribution < -0.4 is 4.90 Å². The fourth-order valence-electron chi connectivity index (χ4n) is 3.81. The fourth-order valence-corrected chi connectivity index (χ4v) is 6.42. The summed E-state index contributed by atoms with van der Waals surface area (Å²) in [5.41, 5.74) is -2.46. The highest BCUT2D eigenvalue weighted by Crippen LogP contribution is 2.39. The molecule has 1 aliphatic heterocycles. The Labute approximate surface area is 185 Å². The number of hydrogen-bond donors (Lipinski definition) is 1. The number of benzene rings is 1. The number of piperazine rings is 1. The Balaban J connectivity index is 1.84. The largest absolute Gasteiger partial charge is 0.421 e. The highest BCUT2D eigenvalue weighted by molar-refractivity contribution is 7.91. The number of aliphatic hydroxyl groups is 1. The van der Waals surface area contributed by atoms with E-state index in [0.29, 0.717) is 28.9 Å². The summed E-state index contributed by atoms with van der Waals surface area (Å²) in [6.07, 6.45) is -4.05. The quantitative estimate of drug-likeness (QED) is 0.670. The third-order valence-electron chi connectivity index (χ3n) is 5.59. The van der Waals surface area contributed by atoms with Crippen molar-refractivity contribution in [3.05, 3.63) is 47.3 Å². The van der Waals surface area contributed by atoms with Crippen molar-refractivity contribution in [1.29, 1.82) is 0 Å². The zero-order valence-electron chi connectivity index (χ0n) is 17.6. The number of halogens is 3. The van der Waals surface area contributed by atoms with Crippen LogP contribution >= 0.6 is 11.3 Å². The molecule has 1 aliphatic rings. The number of sulfonamides is 1. The maximum atomic E-state index is 13.1. The maximum absolute atomic E-state index is 13.1. The van der Waals surface area contributed by atoms with Gasteiger partial charge >= 0.3 is 6.18 Å². The summed E-state index contributed by atoms with van der Waals surface area (Å²) in [5.74, 6) is 0.308. The SMILES string of the molecule is CC(C)C[C@@H]1CN(S(=O)(=O)c2cccs2)CCN1c1ccc([C@](C)(O)C(F)(F)F)cc1. The zero-order chi connectivity index (χ0) is 23.0. The van der Waals surface area contributed by atoms with Crippen LogP contribution in [0.25, 0.3) is 0 Å². The van der Waals surface area contributed by atoms with E-state index in [1.807, 2.05) is 4.90 Å². The first-order chi connectivity index (χ1) is 14.3. The molecule has 2 atom stereocenters. The minimum absolute atomic E-state index is 0.113. The number of hydrogen-bond acceptors (Lipinski definition) is 5. The molecule has 172 valence electrons. The smallest absolute Gasteiger partial charge is 0.376 e. The van der Waals surface area contributed by atoms with Crippen LogP contribution in [0.1, 0.15) is 32.8 Å². The van der Waals surface area contributed by atoms with E-state index >= 15 is 0 Å². The van der Waals surface area contributed by atoms with Gasteiger partial charge in [0.05, 0.1) is 0 Å². The molecular formula is C21H27F3N2O3S2. The summed E-state index contributed by atoms with van der Waals surface area (Å²) < 4.78 is 67.1. The molecule has 1 aromatic heterocycles. The lowest BCUT2D eigenvalue weighted by molar-refractivity contribution is -0.258. The molecule has 0 bridgehead atoms. The van der Waals surface area contributed by atoms with Gasteiger partial charge in [-0.3, -0.25) is 0 Å². The van der Waals surface area contributed by atoms with Crippen LogP contribution in [-0.2, 0) is 15.6 Å². The lowest BCUT2D eigenvalue weighted by atomic mass is 9.94. The second-order valence-corrected chi connectivity index (χ2v) is 11.5. The molecule has 0 saturated carbocycles. The van der Waals surface area contributed by atoms with Crippen molar-refractivity contribution in [2.75, 3.05) is 24.5 Å². The van der Waals surface area contributed by atoms with E-state index in [1.165, 1.54) is 27.8 Å². The molecule has 1 fully saturated rings.